The molecule has 0 aliphatic carbocycles. The number of ether oxygens (including phenoxy) is 1. The van der Waals surface area contributed by atoms with Crippen LogP contribution in [0.4, 0.5) is 8.78 Å². The largest absolute Gasteiger partial charge is 0.488 e. The zero-order valence-corrected chi connectivity index (χ0v) is 16.3. The Balaban J connectivity index is 2.42. The highest BCUT2D eigenvalue weighted by Crippen LogP contribution is 2.36. The lowest BCUT2D eigenvalue weighted by molar-refractivity contribution is 0.291. The molecule has 0 radical (unpaired) electrons. The van der Waals surface area contributed by atoms with E-state index in [4.69, 9.17) is 4.74 Å². The summed E-state index contributed by atoms with van der Waals surface area (Å²) < 4.78 is 33.7. The molecule has 136 valence electrons. The Hall–Kier alpha value is -1.90. The van der Waals surface area contributed by atoms with Crippen molar-refractivity contribution in [2.45, 2.75) is 65.9 Å². The molecule has 1 nitrogen and oxygen atoms in total. The molecule has 0 saturated carbocycles. The fourth-order valence-corrected chi connectivity index (χ4v) is 3.36. The maximum atomic E-state index is 13.9. The average Bonchev–Trinajstić information content (AvgIpc) is 2.41. The highest BCUT2D eigenvalue weighted by atomic mass is 19.1. The molecule has 0 aliphatic heterocycles. The van der Waals surface area contributed by atoms with E-state index in [1.165, 1.54) is 24.3 Å². The van der Waals surface area contributed by atoms with Gasteiger partial charge in [-0.25, -0.2) is 8.78 Å². The summed E-state index contributed by atoms with van der Waals surface area (Å²) in [5.41, 5.74) is 3.34. The van der Waals surface area contributed by atoms with Gasteiger partial charge >= 0.3 is 0 Å². The Bertz CT molecular complexity index is 765. The molecule has 0 N–H and O–H groups in total. The maximum Gasteiger partial charge on any atom is 0.127 e. The van der Waals surface area contributed by atoms with Gasteiger partial charge in [0, 0.05) is 11.6 Å². The second-order valence-corrected chi connectivity index (χ2v) is 8.69. The molecule has 2 aromatic rings. The maximum absolute atomic E-state index is 13.9. The molecule has 0 fully saturated rings. The number of hydrogen-bond acceptors (Lipinski definition) is 1. The molecule has 0 aliphatic rings. The van der Waals surface area contributed by atoms with Gasteiger partial charge in [0.2, 0.25) is 0 Å². The monoisotopic (exact) mass is 346 g/mol. The molecule has 0 amide bonds. The van der Waals surface area contributed by atoms with E-state index in [-0.39, 0.29) is 29.1 Å². The lowest BCUT2D eigenvalue weighted by atomic mass is 9.83. The first-order valence-corrected chi connectivity index (χ1v) is 8.62. The quantitative estimate of drug-likeness (QED) is 0.621. The Kier molecular flexibility index (Phi) is 5.27. The van der Waals surface area contributed by atoms with Crippen LogP contribution in [0.15, 0.2) is 30.3 Å². The van der Waals surface area contributed by atoms with E-state index in [2.05, 4.69) is 41.5 Å². The molecule has 0 heterocycles. The highest BCUT2D eigenvalue weighted by molar-refractivity contribution is 5.45. The standard InChI is InChI=1S/C22H28F2O/c1-14-10-17(24)12-19(20(14)22(5,6)7)25-13-15-11-16(23)8-9-18(15)21(2,3)4/h8-12H,13H2,1-7H3. The fraction of sp³-hybridized carbons (Fsp3) is 0.455. The van der Waals surface area contributed by atoms with Crippen LogP contribution in [-0.2, 0) is 17.4 Å². The number of hydrogen-bond donors (Lipinski definition) is 0. The molecule has 2 aromatic carbocycles. The van der Waals surface area contributed by atoms with Crippen molar-refractivity contribution in [3.63, 3.8) is 0 Å². The number of aryl methyl sites for hydroxylation is 1. The van der Waals surface area contributed by atoms with Gasteiger partial charge in [-0.15, -0.1) is 0 Å². The van der Waals surface area contributed by atoms with Gasteiger partial charge < -0.3 is 4.74 Å². The first kappa shape index (κ1) is 19.4. The second-order valence-electron chi connectivity index (χ2n) is 8.69. The summed E-state index contributed by atoms with van der Waals surface area (Å²) in [6.07, 6.45) is 0. The topological polar surface area (TPSA) is 9.23 Å². The molecule has 3 heteroatoms. The van der Waals surface area contributed by atoms with Gasteiger partial charge in [-0.2, -0.15) is 0 Å². The second kappa shape index (κ2) is 6.78. The Labute approximate surface area is 150 Å². The van der Waals surface area contributed by atoms with Gasteiger partial charge in [-0.05, 0) is 52.6 Å². The lowest BCUT2D eigenvalue weighted by Crippen LogP contribution is -2.18. The van der Waals surface area contributed by atoms with Crippen LogP contribution in [-0.4, -0.2) is 0 Å². The zero-order chi connectivity index (χ0) is 19.0. The number of halogens is 2. The summed E-state index contributed by atoms with van der Waals surface area (Å²) >= 11 is 0. The minimum Gasteiger partial charge on any atom is -0.488 e. The van der Waals surface area contributed by atoms with Gasteiger partial charge in [-0.3, -0.25) is 0 Å². The molecule has 0 bridgehead atoms. The van der Waals surface area contributed by atoms with E-state index in [1.54, 1.807) is 6.07 Å². The van der Waals surface area contributed by atoms with Crippen LogP contribution in [0.1, 0.15) is 63.8 Å². The van der Waals surface area contributed by atoms with Crippen molar-refractivity contribution < 1.29 is 13.5 Å². The molecular weight excluding hydrogens is 318 g/mol. The molecule has 0 aromatic heterocycles. The van der Waals surface area contributed by atoms with Crippen molar-refractivity contribution in [3.8, 4) is 5.75 Å². The highest BCUT2D eigenvalue weighted by Gasteiger charge is 2.24. The van der Waals surface area contributed by atoms with Gasteiger partial charge in [0.1, 0.15) is 24.0 Å². The molecule has 25 heavy (non-hydrogen) atoms. The van der Waals surface area contributed by atoms with Crippen molar-refractivity contribution in [2.24, 2.45) is 0 Å². The lowest BCUT2D eigenvalue weighted by Gasteiger charge is -2.27. The van der Waals surface area contributed by atoms with E-state index in [0.717, 1.165) is 22.3 Å². The Morgan fingerprint density at radius 2 is 1.48 bits per heavy atom. The molecule has 0 spiro atoms. The molecular formula is C22H28F2O. The summed E-state index contributed by atoms with van der Waals surface area (Å²) in [4.78, 5) is 0. The number of rotatable bonds is 3. The van der Waals surface area contributed by atoms with Gasteiger partial charge in [0.05, 0.1) is 0 Å². The van der Waals surface area contributed by atoms with Crippen LogP contribution in [0.25, 0.3) is 0 Å². The van der Waals surface area contributed by atoms with E-state index in [0.29, 0.717) is 5.75 Å². The van der Waals surface area contributed by atoms with E-state index in [9.17, 15) is 8.78 Å². The third kappa shape index (κ3) is 4.59. The van der Waals surface area contributed by atoms with Gasteiger partial charge in [-0.1, -0.05) is 47.6 Å². The normalized spacial score (nSPS) is 12.4. The van der Waals surface area contributed by atoms with Crippen LogP contribution < -0.4 is 4.74 Å². The molecule has 2 rings (SSSR count). The number of benzene rings is 2. The average molecular weight is 346 g/mol. The molecule has 0 saturated heterocycles. The van der Waals surface area contributed by atoms with E-state index < -0.39 is 0 Å². The summed E-state index contributed by atoms with van der Waals surface area (Å²) in [7, 11) is 0. The van der Waals surface area contributed by atoms with Crippen molar-refractivity contribution in [3.05, 3.63) is 64.2 Å². The SMILES string of the molecule is Cc1cc(F)cc(OCc2cc(F)ccc2C(C)(C)C)c1C(C)(C)C. The van der Waals surface area contributed by atoms with Crippen LogP contribution >= 0.6 is 0 Å². The van der Waals surface area contributed by atoms with Gasteiger partial charge in [0.15, 0.2) is 0 Å². The fourth-order valence-electron chi connectivity index (χ4n) is 3.36. The summed E-state index contributed by atoms with van der Waals surface area (Å²) in [6.45, 7) is 14.5. The minimum absolute atomic E-state index is 0.128. The predicted octanol–water partition coefficient (Wildman–Crippen LogP) is 6.45. The Morgan fingerprint density at radius 1 is 0.840 bits per heavy atom. The predicted molar refractivity (Wildman–Crippen MR) is 99.3 cm³/mol. The molecule has 0 unspecified atom stereocenters. The third-order valence-electron chi connectivity index (χ3n) is 4.27. The van der Waals surface area contributed by atoms with E-state index >= 15 is 0 Å². The minimum atomic E-state index is -0.323. The van der Waals surface area contributed by atoms with E-state index in [1.807, 2.05) is 6.92 Å². The van der Waals surface area contributed by atoms with Crippen molar-refractivity contribution in [2.75, 3.05) is 0 Å². The summed E-state index contributed by atoms with van der Waals surface area (Å²) in [5.74, 6) is -0.0945. The summed E-state index contributed by atoms with van der Waals surface area (Å²) in [5, 5.41) is 0. The van der Waals surface area contributed by atoms with Crippen LogP contribution in [0.3, 0.4) is 0 Å². The van der Waals surface area contributed by atoms with Crippen molar-refractivity contribution in [1.29, 1.82) is 0 Å². The smallest absolute Gasteiger partial charge is 0.127 e. The third-order valence-corrected chi connectivity index (χ3v) is 4.27. The van der Waals surface area contributed by atoms with Crippen LogP contribution in [0, 0.1) is 18.6 Å². The first-order valence-electron chi connectivity index (χ1n) is 8.62. The summed E-state index contributed by atoms with van der Waals surface area (Å²) in [6, 6.07) is 7.72. The van der Waals surface area contributed by atoms with Gasteiger partial charge in [0.25, 0.3) is 0 Å². The molecule has 0 atom stereocenters. The van der Waals surface area contributed by atoms with Crippen LogP contribution in [0.2, 0.25) is 0 Å². The first-order chi connectivity index (χ1) is 11.4. The van der Waals surface area contributed by atoms with Crippen molar-refractivity contribution in [1.82, 2.24) is 0 Å². The van der Waals surface area contributed by atoms with Crippen LogP contribution in [0.5, 0.6) is 5.75 Å². The van der Waals surface area contributed by atoms with Crippen molar-refractivity contribution >= 4 is 0 Å². The zero-order valence-electron chi connectivity index (χ0n) is 16.3. The Morgan fingerprint density at radius 3 is 2.04 bits per heavy atom.